The van der Waals surface area contributed by atoms with Gasteiger partial charge in [0, 0.05) is 88.3 Å². The van der Waals surface area contributed by atoms with E-state index in [1.54, 1.807) is 0 Å². The fourth-order valence-electron chi connectivity index (χ4n) is 22.6. The maximum Gasteiger partial charge on any atom is 0.159 e. The van der Waals surface area contributed by atoms with Gasteiger partial charge < -0.3 is 37.3 Å². The molecule has 144 heavy (non-hydrogen) atoms. The molecule has 0 spiro atoms. The molecule has 0 unspecified atom stereocenters. The standard InChI is InChI=1S/2C68H42N2O2/c1-3-17-43(18-4-1)51-21-7-11-27-61(51)69(63-29-15-25-55-53-23-9-13-31-65(53)71-67(55)63)49-35-33-45-39-57-59(41-47(45)37-49)58-40-46-34-36-50(38-48(46)42-60(57)58)70(62-28-12-8-22-52(62)44-19-5-2-6-20-44)64-30-16-26-56-54-24-10-14-32-66(54)72-68(56)64;1-3-15-43(16-4-1)45-19-11-21-51(35-45)69(63-27-13-25-57-55-23-7-9-29-65(55)71-67(57)63)53-33-31-47-39-59-61(41-49(47)37-53)60-40-48-32-34-54(38-50(48)42-62(59)60)70(52-22-12-20-46(36-52)44-17-5-2-6-18-44)64-28-14-26-58-56-24-8-10-30-66(56)72-68(58)64/h2*1-42H. The molecule has 8 heteroatoms. The van der Waals surface area contributed by atoms with Crippen LogP contribution in [0.15, 0.2) is 527 Å². The Balaban J connectivity index is 0.000000137. The molecule has 0 fully saturated rings. The molecule has 672 valence electrons. The van der Waals surface area contributed by atoms with Crippen molar-refractivity contribution >= 4 is 199 Å². The van der Waals surface area contributed by atoms with E-state index in [1.165, 1.54) is 98.7 Å². The fraction of sp³-hybridized carbons (Fsp3) is 0. The van der Waals surface area contributed by atoms with Crippen LogP contribution in [-0.2, 0) is 0 Å². The van der Waals surface area contributed by atoms with Crippen LogP contribution in [0, 0.1) is 0 Å². The second kappa shape index (κ2) is 33.3. The molecule has 0 bridgehead atoms. The Labute approximate surface area is 829 Å². The molecule has 8 nitrogen and oxygen atoms in total. The fourth-order valence-corrected chi connectivity index (χ4v) is 22.6. The Morgan fingerprint density at radius 1 is 0.118 bits per heavy atom. The van der Waals surface area contributed by atoms with Crippen molar-refractivity contribution in [2.24, 2.45) is 0 Å². The zero-order valence-corrected chi connectivity index (χ0v) is 77.9. The zero-order chi connectivity index (χ0) is 94.6. The molecule has 4 aromatic heterocycles. The van der Waals surface area contributed by atoms with Gasteiger partial charge in [0.15, 0.2) is 22.3 Å². The molecule has 0 saturated heterocycles. The largest absolute Gasteiger partial charge is 0.454 e. The summed E-state index contributed by atoms with van der Waals surface area (Å²) in [5.41, 5.74) is 38.8. The molecule has 0 saturated carbocycles. The Morgan fingerprint density at radius 2 is 0.333 bits per heavy atom. The maximum absolute atomic E-state index is 6.73. The Morgan fingerprint density at radius 3 is 0.639 bits per heavy atom. The van der Waals surface area contributed by atoms with Crippen molar-refractivity contribution in [3.05, 3.63) is 510 Å². The number of furan rings is 4. The molecular weight excluding hydrogens is 1750 g/mol. The lowest BCUT2D eigenvalue weighted by Crippen LogP contribution is -2.12. The minimum atomic E-state index is 0.859. The van der Waals surface area contributed by atoms with Crippen LogP contribution in [0.1, 0.15) is 0 Å². The summed E-state index contributed by atoms with van der Waals surface area (Å²) >= 11 is 0. The van der Waals surface area contributed by atoms with E-state index in [4.69, 9.17) is 17.7 Å². The first kappa shape index (κ1) is 81.9. The number of benzene rings is 24. The lowest BCUT2D eigenvalue weighted by molar-refractivity contribution is 0.668. The minimum Gasteiger partial charge on any atom is -0.454 e. The van der Waals surface area contributed by atoms with Crippen LogP contribution >= 0.6 is 0 Å². The molecule has 0 amide bonds. The monoisotopic (exact) mass is 1840 g/mol. The number of rotatable bonds is 16. The van der Waals surface area contributed by atoms with Crippen molar-refractivity contribution in [3.63, 3.8) is 0 Å². The van der Waals surface area contributed by atoms with Gasteiger partial charge in [-0.1, -0.05) is 328 Å². The van der Waals surface area contributed by atoms with E-state index >= 15 is 0 Å². The van der Waals surface area contributed by atoms with Gasteiger partial charge in [-0.05, 0) is 303 Å². The topological polar surface area (TPSA) is 65.5 Å². The second-order valence-electron chi connectivity index (χ2n) is 37.7. The van der Waals surface area contributed by atoms with E-state index in [-0.39, 0.29) is 0 Å². The molecule has 2 aliphatic rings. The summed E-state index contributed by atoms with van der Waals surface area (Å²) in [7, 11) is 0. The van der Waals surface area contributed by atoms with Crippen LogP contribution in [0.5, 0.6) is 0 Å². The summed E-state index contributed by atoms with van der Waals surface area (Å²) in [5, 5.41) is 18.3. The van der Waals surface area contributed by atoms with Crippen LogP contribution in [-0.4, -0.2) is 0 Å². The van der Waals surface area contributed by atoms with Crippen LogP contribution in [0.25, 0.3) is 220 Å². The number of para-hydroxylation sites is 10. The van der Waals surface area contributed by atoms with E-state index < -0.39 is 0 Å². The second-order valence-corrected chi connectivity index (χ2v) is 37.7. The molecule has 0 atom stereocenters. The highest BCUT2D eigenvalue weighted by atomic mass is 16.3. The molecule has 4 heterocycles. The molecule has 0 N–H and O–H groups in total. The molecule has 0 radical (unpaired) electrons. The predicted octanol–water partition coefficient (Wildman–Crippen LogP) is 39.4. The first-order valence-corrected chi connectivity index (χ1v) is 49.1. The summed E-state index contributed by atoms with van der Waals surface area (Å²) in [6, 6.07) is 183. The van der Waals surface area contributed by atoms with Gasteiger partial charge in [0.05, 0.1) is 34.1 Å². The highest BCUT2D eigenvalue weighted by Gasteiger charge is 2.32. The number of nitrogens with zero attached hydrogens (tertiary/aromatic N) is 4. The van der Waals surface area contributed by atoms with Gasteiger partial charge >= 0.3 is 0 Å². The molecule has 2 aliphatic carbocycles. The lowest BCUT2D eigenvalue weighted by Gasteiger charge is -2.30. The lowest BCUT2D eigenvalue weighted by atomic mass is 9.78. The smallest absolute Gasteiger partial charge is 0.159 e. The highest BCUT2D eigenvalue weighted by molar-refractivity contribution is 6.19. The van der Waals surface area contributed by atoms with Crippen molar-refractivity contribution in [2.45, 2.75) is 0 Å². The van der Waals surface area contributed by atoms with Crippen molar-refractivity contribution < 1.29 is 17.7 Å². The molecule has 30 rings (SSSR count). The minimum absolute atomic E-state index is 0.859. The predicted molar refractivity (Wildman–Crippen MR) is 601 cm³/mol. The quantitative estimate of drug-likeness (QED) is 0.0948. The first-order valence-electron chi connectivity index (χ1n) is 49.1. The number of fused-ring (bicyclic) bond motifs is 24. The van der Waals surface area contributed by atoms with Crippen molar-refractivity contribution in [2.75, 3.05) is 19.6 Å². The molecule has 28 aromatic rings. The van der Waals surface area contributed by atoms with Crippen LogP contribution < -0.4 is 19.6 Å². The van der Waals surface area contributed by atoms with E-state index in [2.05, 4.69) is 505 Å². The Kier molecular flexibility index (Phi) is 18.9. The van der Waals surface area contributed by atoms with E-state index in [0.717, 1.165) is 189 Å². The summed E-state index contributed by atoms with van der Waals surface area (Å²) in [5.74, 6) is 0. The Hall–Kier alpha value is -19.3. The van der Waals surface area contributed by atoms with Crippen LogP contribution in [0.3, 0.4) is 0 Å². The van der Waals surface area contributed by atoms with E-state index in [0.29, 0.717) is 0 Å². The third kappa shape index (κ3) is 13.5. The molecular formula is C136H84N4O4. The average molecular weight is 1840 g/mol. The number of hydrogen-bond acceptors (Lipinski definition) is 8. The average Bonchev–Trinajstić information content (AvgIpc) is 1.42. The normalized spacial score (nSPS) is 11.9. The van der Waals surface area contributed by atoms with E-state index in [1.807, 2.05) is 24.3 Å². The van der Waals surface area contributed by atoms with Gasteiger partial charge in [-0.25, -0.2) is 0 Å². The first-order chi connectivity index (χ1) is 71.4. The summed E-state index contributed by atoms with van der Waals surface area (Å²) < 4.78 is 26.8. The van der Waals surface area contributed by atoms with Crippen molar-refractivity contribution in [1.29, 1.82) is 0 Å². The van der Waals surface area contributed by atoms with Gasteiger partial charge in [0.2, 0.25) is 0 Å². The maximum atomic E-state index is 6.73. The van der Waals surface area contributed by atoms with Gasteiger partial charge in [-0.15, -0.1) is 0 Å². The third-order valence-corrected chi connectivity index (χ3v) is 29.4. The van der Waals surface area contributed by atoms with Gasteiger partial charge in [-0.3, -0.25) is 0 Å². The molecule has 0 aliphatic heterocycles. The van der Waals surface area contributed by atoms with Crippen molar-refractivity contribution in [1.82, 2.24) is 0 Å². The molecule has 24 aromatic carbocycles. The summed E-state index contributed by atoms with van der Waals surface area (Å²) in [6.45, 7) is 0. The number of hydrogen-bond donors (Lipinski definition) is 0. The van der Waals surface area contributed by atoms with Crippen LogP contribution in [0.4, 0.5) is 68.2 Å². The van der Waals surface area contributed by atoms with Gasteiger partial charge in [-0.2, -0.15) is 0 Å². The third-order valence-electron chi connectivity index (χ3n) is 29.4. The zero-order valence-electron chi connectivity index (χ0n) is 77.9. The van der Waals surface area contributed by atoms with Gasteiger partial charge in [0.25, 0.3) is 0 Å². The Bertz CT molecular complexity index is 9490. The van der Waals surface area contributed by atoms with Crippen LogP contribution in [0.2, 0.25) is 0 Å². The number of anilines is 12. The van der Waals surface area contributed by atoms with E-state index in [9.17, 15) is 0 Å². The highest BCUT2D eigenvalue weighted by Crippen LogP contribution is 2.57. The SMILES string of the molecule is c1ccc(-c2cccc(N(c3ccc4cc5c(cc4c3)-c3cc4ccc(N(c6cccc(-c7ccccc7)c6)c6cccc7c6oc6ccccc67)cc4cc3-5)c3cccc4c3oc3ccccc34)c2)cc1.c1ccc(-c2ccccc2N(c2ccc3cc4c(cc3c2)-c2cc3ccc(N(c5ccccc5-c5ccccc5)c5cccc6c5oc5ccccc56)cc3cc2-4)c2cccc3c2oc2ccccc23)cc1. The summed E-state index contributed by atoms with van der Waals surface area (Å²) in [6.07, 6.45) is 0. The summed E-state index contributed by atoms with van der Waals surface area (Å²) in [4.78, 5) is 9.46. The van der Waals surface area contributed by atoms with Gasteiger partial charge in [0.1, 0.15) is 22.3 Å². The van der Waals surface area contributed by atoms with Crippen molar-refractivity contribution in [3.8, 4) is 89.0 Å².